The van der Waals surface area contributed by atoms with E-state index in [9.17, 15) is 0 Å². The molecule has 1 aliphatic heterocycles. The molecule has 3 heterocycles. The summed E-state index contributed by atoms with van der Waals surface area (Å²) < 4.78 is 8.61. The topological polar surface area (TPSA) is 4.93 Å². The summed E-state index contributed by atoms with van der Waals surface area (Å²) in [6.45, 7) is 0. The van der Waals surface area contributed by atoms with Crippen molar-refractivity contribution in [3.63, 3.8) is 0 Å². The van der Waals surface area contributed by atoms with Crippen molar-refractivity contribution in [2.75, 3.05) is 0 Å². The Bertz CT molecular complexity index is 2070. The summed E-state index contributed by atoms with van der Waals surface area (Å²) in [5.74, 6) is 0. The first-order chi connectivity index (χ1) is 18.8. The van der Waals surface area contributed by atoms with Crippen molar-refractivity contribution in [1.82, 2.24) is 4.57 Å². The third-order valence-corrected chi connectivity index (χ3v) is 10.3. The van der Waals surface area contributed by atoms with Crippen molar-refractivity contribution in [3.05, 3.63) is 130 Å². The average molecular weight is 616 g/mol. The van der Waals surface area contributed by atoms with Crippen LogP contribution in [0.1, 0.15) is 10.4 Å². The third kappa shape index (κ3) is 3.53. The van der Waals surface area contributed by atoms with Gasteiger partial charge < -0.3 is 4.57 Å². The van der Waals surface area contributed by atoms with E-state index >= 15 is 0 Å². The van der Waals surface area contributed by atoms with Gasteiger partial charge >= 0.3 is 0 Å². The number of rotatable bonds is 3. The van der Waals surface area contributed by atoms with E-state index < -0.39 is 0 Å². The van der Waals surface area contributed by atoms with Crippen molar-refractivity contribution in [3.8, 4) is 27.9 Å². The van der Waals surface area contributed by atoms with Gasteiger partial charge in [-0.2, -0.15) is 0 Å². The van der Waals surface area contributed by atoms with Crippen LogP contribution in [0.25, 0.3) is 65.9 Å². The SMILES string of the molecule is C1=Cc2sc3ccc(-c4ccc5c(c4)c4ccccc4n5-c4cccc(-c5ccccc5)c4)cc3c2C=I1. The van der Waals surface area contributed by atoms with Crippen LogP contribution in [0.5, 0.6) is 0 Å². The summed E-state index contributed by atoms with van der Waals surface area (Å²) in [6.07, 6.45) is 2.32. The Morgan fingerprint density at radius 2 is 1.29 bits per heavy atom. The maximum Gasteiger partial charge on any atom is 0.0541 e. The van der Waals surface area contributed by atoms with E-state index in [1.54, 1.807) is 0 Å². The van der Waals surface area contributed by atoms with Crippen molar-refractivity contribution in [2.24, 2.45) is 0 Å². The molecule has 0 spiro atoms. The standard InChI is InChI=1S/C35H22INS/c1-2-7-23(8-3-1)24-9-6-10-27(19-24)37-32-12-5-4-11-28(32)29-20-25(13-15-33(29)37)26-14-16-34-30(21-26)31-22-36-18-17-35(31)38-34/h1-22H. The Morgan fingerprint density at radius 3 is 2.21 bits per heavy atom. The van der Waals surface area contributed by atoms with Crippen LogP contribution >= 0.6 is 32.1 Å². The number of para-hydroxylation sites is 1. The Balaban J connectivity index is 1.32. The minimum absolute atomic E-state index is 0.0284. The van der Waals surface area contributed by atoms with Gasteiger partial charge in [-0.05, 0) is 78.9 Å². The molecule has 1 aliphatic rings. The Hall–Kier alpha value is -3.80. The summed E-state index contributed by atoms with van der Waals surface area (Å²) in [5, 5.41) is 3.97. The predicted molar refractivity (Wildman–Crippen MR) is 175 cm³/mol. The Labute approximate surface area is 235 Å². The largest absolute Gasteiger partial charge is 0.309 e. The van der Waals surface area contributed by atoms with Crippen LogP contribution in [0.2, 0.25) is 0 Å². The second-order valence-corrected chi connectivity index (χ2v) is 12.8. The van der Waals surface area contributed by atoms with Gasteiger partial charge in [0.1, 0.15) is 0 Å². The van der Waals surface area contributed by atoms with Gasteiger partial charge in [-0.25, -0.2) is 0 Å². The maximum absolute atomic E-state index is 2.47. The van der Waals surface area contributed by atoms with E-state index in [1.807, 2.05) is 11.3 Å². The first-order valence-electron chi connectivity index (χ1n) is 12.7. The molecule has 0 saturated heterocycles. The number of nitrogens with zero attached hydrogens (tertiary/aromatic N) is 1. The van der Waals surface area contributed by atoms with E-state index in [0.29, 0.717) is 0 Å². The van der Waals surface area contributed by atoms with Crippen LogP contribution in [-0.2, 0) is 0 Å². The fourth-order valence-corrected chi connectivity index (χ4v) is 8.96. The lowest BCUT2D eigenvalue weighted by Crippen LogP contribution is -1.94. The summed E-state index contributed by atoms with van der Waals surface area (Å²) in [5.41, 5.74) is 10.1. The Kier molecular flexibility index (Phi) is 5.20. The third-order valence-electron chi connectivity index (χ3n) is 7.43. The molecule has 180 valence electrons. The van der Waals surface area contributed by atoms with E-state index in [1.165, 1.54) is 70.3 Å². The highest BCUT2D eigenvalue weighted by Gasteiger charge is 2.15. The molecule has 3 heteroatoms. The van der Waals surface area contributed by atoms with Crippen molar-refractivity contribution in [2.45, 2.75) is 0 Å². The number of hydrogen-bond donors (Lipinski definition) is 0. The van der Waals surface area contributed by atoms with Crippen LogP contribution in [0.4, 0.5) is 0 Å². The zero-order valence-corrected chi connectivity index (χ0v) is 23.4. The van der Waals surface area contributed by atoms with E-state index in [0.717, 1.165) is 0 Å². The molecule has 0 fully saturated rings. The van der Waals surface area contributed by atoms with Gasteiger partial charge in [0.2, 0.25) is 0 Å². The lowest BCUT2D eigenvalue weighted by Gasteiger charge is -2.11. The van der Waals surface area contributed by atoms with Gasteiger partial charge in [-0.1, -0.05) is 93.5 Å². The molecule has 38 heavy (non-hydrogen) atoms. The molecule has 0 bridgehead atoms. The van der Waals surface area contributed by atoms with Gasteiger partial charge in [0, 0.05) is 37.0 Å². The van der Waals surface area contributed by atoms with E-state index in [4.69, 9.17) is 0 Å². The predicted octanol–water partition coefficient (Wildman–Crippen LogP) is 10.4. The number of hydrogen-bond acceptors (Lipinski definition) is 1. The molecule has 8 rings (SSSR count). The fraction of sp³-hybridized carbons (Fsp3) is 0. The zero-order chi connectivity index (χ0) is 25.1. The number of benzene rings is 5. The average Bonchev–Trinajstić information content (AvgIpc) is 3.53. The molecule has 0 radical (unpaired) electrons. The quantitative estimate of drug-likeness (QED) is 0.174. The van der Waals surface area contributed by atoms with Crippen molar-refractivity contribution >= 4 is 74.0 Å². The number of aromatic nitrogens is 1. The summed E-state index contributed by atoms with van der Waals surface area (Å²) >= 11 is 1.93. The summed E-state index contributed by atoms with van der Waals surface area (Å²) in [7, 11) is 0. The monoisotopic (exact) mass is 615 g/mol. The molecule has 0 amide bonds. The number of fused-ring (bicyclic) bond motifs is 6. The minimum Gasteiger partial charge on any atom is -0.309 e. The van der Waals surface area contributed by atoms with Crippen LogP contribution < -0.4 is 0 Å². The van der Waals surface area contributed by atoms with Crippen molar-refractivity contribution in [1.29, 1.82) is 0 Å². The van der Waals surface area contributed by atoms with Gasteiger partial charge in [0.15, 0.2) is 0 Å². The molecule has 1 nitrogen and oxygen atoms in total. The zero-order valence-electron chi connectivity index (χ0n) is 20.4. The normalized spacial score (nSPS) is 12.7. The molecule has 0 atom stereocenters. The van der Waals surface area contributed by atoms with E-state index in [-0.39, 0.29) is 20.7 Å². The van der Waals surface area contributed by atoms with E-state index in [2.05, 4.69) is 134 Å². The summed E-state index contributed by atoms with van der Waals surface area (Å²) in [6, 6.07) is 42.2. The molecular weight excluding hydrogens is 593 g/mol. The molecule has 0 saturated carbocycles. The highest BCUT2D eigenvalue weighted by molar-refractivity contribution is 14.2. The van der Waals surface area contributed by atoms with Gasteiger partial charge in [-0.15, -0.1) is 11.3 Å². The van der Waals surface area contributed by atoms with Gasteiger partial charge in [0.05, 0.1) is 11.0 Å². The van der Waals surface area contributed by atoms with Gasteiger partial charge in [-0.3, -0.25) is 0 Å². The number of halogens is 1. The first-order valence-corrected chi connectivity index (χ1v) is 16.0. The summed E-state index contributed by atoms with van der Waals surface area (Å²) in [4.78, 5) is 1.40. The molecule has 0 aliphatic carbocycles. The number of thiophene rings is 1. The van der Waals surface area contributed by atoms with Crippen LogP contribution in [0.3, 0.4) is 0 Å². The lowest BCUT2D eigenvalue weighted by atomic mass is 10.0. The fourth-order valence-electron chi connectivity index (χ4n) is 5.63. The Morgan fingerprint density at radius 1 is 0.553 bits per heavy atom. The van der Waals surface area contributed by atoms with Crippen molar-refractivity contribution < 1.29 is 0 Å². The molecule has 5 aromatic carbocycles. The minimum atomic E-state index is 0.0284. The lowest BCUT2D eigenvalue weighted by molar-refractivity contribution is 1.18. The highest BCUT2D eigenvalue weighted by atomic mass is 127. The molecule has 7 aromatic rings. The molecule has 2 aromatic heterocycles. The van der Waals surface area contributed by atoms with Crippen LogP contribution in [0.15, 0.2) is 119 Å². The molecular formula is C35H22INS. The second-order valence-electron chi connectivity index (χ2n) is 9.62. The first kappa shape index (κ1) is 22.2. The molecule has 0 unspecified atom stereocenters. The van der Waals surface area contributed by atoms with Gasteiger partial charge in [0.25, 0.3) is 0 Å². The second kappa shape index (κ2) is 8.90. The smallest absolute Gasteiger partial charge is 0.0541 e. The molecule has 0 N–H and O–H groups in total. The maximum atomic E-state index is 2.47. The van der Waals surface area contributed by atoms with Crippen LogP contribution in [-0.4, -0.2) is 8.58 Å². The highest BCUT2D eigenvalue weighted by Crippen LogP contribution is 2.39. The van der Waals surface area contributed by atoms with Crippen LogP contribution in [0, 0.1) is 0 Å².